The van der Waals surface area contributed by atoms with Crippen molar-refractivity contribution in [2.45, 2.75) is 116 Å². The van der Waals surface area contributed by atoms with Crippen molar-refractivity contribution in [3.05, 3.63) is 0 Å². The zero-order valence-electron chi connectivity index (χ0n) is 15.8. The molecule has 1 nitrogen and oxygen atoms in total. The van der Waals surface area contributed by atoms with Gasteiger partial charge in [-0.25, -0.2) is 0 Å². The van der Waals surface area contributed by atoms with E-state index in [1.54, 1.807) is 0 Å². The highest BCUT2D eigenvalue weighted by Gasteiger charge is 1.95. The minimum atomic E-state index is 0.726. The molecular formula is C21H42OS. The van der Waals surface area contributed by atoms with Gasteiger partial charge in [0.1, 0.15) is 6.29 Å². The van der Waals surface area contributed by atoms with E-state index in [2.05, 4.69) is 6.92 Å². The molecule has 0 amide bonds. The Morgan fingerprint density at radius 2 is 0.957 bits per heavy atom. The maximum atomic E-state index is 10.2. The van der Waals surface area contributed by atoms with E-state index >= 15 is 0 Å². The van der Waals surface area contributed by atoms with Gasteiger partial charge in [-0.15, -0.1) is 0 Å². The first-order chi connectivity index (χ1) is 11.4. The molecule has 23 heavy (non-hydrogen) atoms. The van der Waals surface area contributed by atoms with Gasteiger partial charge in [-0.05, 0) is 17.9 Å². The van der Waals surface area contributed by atoms with Crippen LogP contribution in [-0.4, -0.2) is 17.8 Å². The second kappa shape index (κ2) is 22.0. The highest BCUT2D eigenvalue weighted by molar-refractivity contribution is 7.99. The van der Waals surface area contributed by atoms with Gasteiger partial charge in [-0.3, -0.25) is 0 Å². The van der Waals surface area contributed by atoms with Gasteiger partial charge in [0, 0.05) is 6.42 Å². The lowest BCUT2D eigenvalue weighted by atomic mass is 10.0. The molecule has 0 atom stereocenters. The minimum Gasteiger partial charge on any atom is -0.303 e. The predicted octanol–water partition coefficient (Wildman–Crippen LogP) is 7.57. The summed E-state index contributed by atoms with van der Waals surface area (Å²) < 4.78 is 0. The molecule has 0 N–H and O–H groups in total. The Morgan fingerprint density at radius 3 is 1.35 bits per heavy atom. The van der Waals surface area contributed by atoms with Crippen LogP contribution in [0.4, 0.5) is 0 Å². The lowest BCUT2D eigenvalue weighted by Gasteiger charge is -2.03. The van der Waals surface area contributed by atoms with E-state index in [1.165, 1.54) is 108 Å². The normalized spacial score (nSPS) is 11.0. The monoisotopic (exact) mass is 342 g/mol. The molecule has 2 heteroatoms. The Kier molecular flexibility index (Phi) is 22.0. The summed E-state index contributed by atoms with van der Waals surface area (Å²) in [4.78, 5) is 10.2. The van der Waals surface area contributed by atoms with Gasteiger partial charge in [-0.2, -0.15) is 11.8 Å². The largest absolute Gasteiger partial charge is 0.303 e. The van der Waals surface area contributed by atoms with E-state index in [1.807, 2.05) is 11.8 Å². The fraction of sp³-hybridized carbons (Fsp3) is 0.952. The average Bonchev–Trinajstić information content (AvgIpc) is 2.57. The van der Waals surface area contributed by atoms with E-state index in [-0.39, 0.29) is 0 Å². The quantitative estimate of drug-likeness (QED) is 0.168. The highest BCUT2D eigenvalue weighted by atomic mass is 32.2. The predicted molar refractivity (Wildman–Crippen MR) is 108 cm³/mol. The van der Waals surface area contributed by atoms with E-state index in [0.29, 0.717) is 0 Å². The van der Waals surface area contributed by atoms with Crippen molar-refractivity contribution < 1.29 is 4.79 Å². The van der Waals surface area contributed by atoms with E-state index < -0.39 is 0 Å². The summed E-state index contributed by atoms with van der Waals surface area (Å²) >= 11 is 1.93. The van der Waals surface area contributed by atoms with Crippen molar-refractivity contribution in [3.63, 3.8) is 0 Å². The van der Waals surface area contributed by atoms with Crippen LogP contribution in [0.1, 0.15) is 116 Å². The molecule has 0 bridgehead atoms. The second-order valence-electron chi connectivity index (χ2n) is 6.87. The molecule has 0 aromatic rings. The molecule has 0 heterocycles. The summed E-state index contributed by atoms with van der Waals surface area (Å²) in [6.45, 7) is 2.29. The Hall–Kier alpha value is 0.0200. The molecule has 0 aliphatic rings. The number of hydrogen-bond donors (Lipinski definition) is 0. The molecule has 0 aliphatic heterocycles. The first-order valence-electron chi connectivity index (χ1n) is 10.4. The van der Waals surface area contributed by atoms with Crippen molar-refractivity contribution in [2.75, 3.05) is 11.5 Å². The molecule has 0 aromatic heterocycles. The number of hydrogen-bond acceptors (Lipinski definition) is 2. The Labute approximate surface area is 150 Å². The molecule has 0 aromatic carbocycles. The maximum Gasteiger partial charge on any atom is 0.120 e. The van der Waals surface area contributed by atoms with E-state index in [0.717, 1.165) is 18.5 Å². The molecule has 0 rings (SSSR count). The fourth-order valence-corrected chi connectivity index (χ4v) is 3.86. The molecule has 0 radical (unpaired) electrons. The smallest absolute Gasteiger partial charge is 0.120 e. The molecule has 0 unspecified atom stereocenters. The summed E-state index contributed by atoms with van der Waals surface area (Å²) in [5.41, 5.74) is 0. The van der Waals surface area contributed by atoms with Gasteiger partial charge < -0.3 is 4.79 Å². The Morgan fingerprint density at radius 1 is 0.565 bits per heavy atom. The van der Waals surface area contributed by atoms with Gasteiger partial charge in [0.25, 0.3) is 0 Å². The maximum absolute atomic E-state index is 10.2. The van der Waals surface area contributed by atoms with Crippen LogP contribution < -0.4 is 0 Å². The SMILES string of the molecule is CCCCCCCCCCCCCCCCCCSCCC=O. The number of carbonyl (C=O) groups is 1. The summed E-state index contributed by atoms with van der Waals surface area (Å²) in [6.07, 6.45) is 24.7. The molecule has 0 aliphatic carbocycles. The van der Waals surface area contributed by atoms with E-state index in [4.69, 9.17) is 0 Å². The molecule has 0 saturated carbocycles. The van der Waals surface area contributed by atoms with Gasteiger partial charge >= 0.3 is 0 Å². The number of carbonyl (C=O) groups excluding carboxylic acids is 1. The van der Waals surface area contributed by atoms with Crippen LogP contribution in [0, 0.1) is 0 Å². The fourth-order valence-electron chi connectivity index (χ4n) is 2.99. The highest BCUT2D eigenvalue weighted by Crippen LogP contribution is 2.14. The topological polar surface area (TPSA) is 17.1 Å². The Balaban J connectivity index is 2.93. The van der Waals surface area contributed by atoms with Crippen LogP contribution in [0.5, 0.6) is 0 Å². The summed E-state index contributed by atoms with van der Waals surface area (Å²) in [7, 11) is 0. The van der Waals surface area contributed by atoms with Crippen molar-refractivity contribution >= 4 is 18.0 Å². The van der Waals surface area contributed by atoms with Crippen molar-refractivity contribution in [3.8, 4) is 0 Å². The van der Waals surface area contributed by atoms with Gasteiger partial charge in [0.15, 0.2) is 0 Å². The van der Waals surface area contributed by atoms with Crippen LogP contribution >= 0.6 is 11.8 Å². The van der Waals surface area contributed by atoms with Gasteiger partial charge in [0.05, 0.1) is 0 Å². The van der Waals surface area contributed by atoms with E-state index in [9.17, 15) is 4.79 Å². The van der Waals surface area contributed by atoms with Crippen LogP contribution in [0.15, 0.2) is 0 Å². The number of aldehydes is 1. The van der Waals surface area contributed by atoms with Crippen LogP contribution in [0.3, 0.4) is 0 Å². The zero-order chi connectivity index (χ0) is 16.8. The number of rotatable bonds is 20. The zero-order valence-corrected chi connectivity index (χ0v) is 16.6. The average molecular weight is 343 g/mol. The molecule has 0 spiro atoms. The first kappa shape index (κ1) is 23.0. The summed E-state index contributed by atoms with van der Waals surface area (Å²) in [5.74, 6) is 2.26. The lowest BCUT2D eigenvalue weighted by molar-refractivity contribution is -0.107. The third-order valence-electron chi connectivity index (χ3n) is 4.52. The Bertz CT molecular complexity index is 218. The summed E-state index contributed by atoms with van der Waals surface area (Å²) in [5, 5.41) is 0. The van der Waals surface area contributed by atoms with Gasteiger partial charge in [-0.1, -0.05) is 103 Å². The third kappa shape index (κ3) is 22.0. The molecule has 0 fully saturated rings. The molecule has 0 saturated heterocycles. The second-order valence-corrected chi connectivity index (χ2v) is 8.10. The van der Waals surface area contributed by atoms with Crippen LogP contribution in [0.2, 0.25) is 0 Å². The summed E-state index contributed by atoms with van der Waals surface area (Å²) in [6, 6.07) is 0. The van der Waals surface area contributed by atoms with Crippen LogP contribution in [-0.2, 0) is 4.79 Å². The first-order valence-corrected chi connectivity index (χ1v) is 11.6. The minimum absolute atomic E-state index is 0.726. The lowest BCUT2D eigenvalue weighted by Crippen LogP contribution is -1.86. The van der Waals surface area contributed by atoms with Crippen molar-refractivity contribution in [2.24, 2.45) is 0 Å². The number of thioether (sulfide) groups is 1. The third-order valence-corrected chi connectivity index (χ3v) is 5.62. The van der Waals surface area contributed by atoms with Gasteiger partial charge in [0.2, 0.25) is 0 Å². The van der Waals surface area contributed by atoms with Crippen molar-refractivity contribution in [1.29, 1.82) is 0 Å². The molecular weight excluding hydrogens is 300 g/mol. The molecule has 138 valence electrons. The standard InChI is InChI=1S/C21H42OS/c1-2-3-4-5-6-7-8-9-10-11-12-13-14-15-16-17-20-23-21-18-19-22/h19H,2-18,20-21H2,1H3. The van der Waals surface area contributed by atoms with Crippen LogP contribution in [0.25, 0.3) is 0 Å². The number of unbranched alkanes of at least 4 members (excludes halogenated alkanes) is 15. The van der Waals surface area contributed by atoms with Crippen molar-refractivity contribution in [1.82, 2.24) is 0 Å².